The molecule has 3 heteroatoms. The van der Waals surface area contributed by atoms with E-state index >= 15 is 0 Å². The lowest BCUT2D eigenvalue weighted by atomic mass is 10.0. The Morgan fingerprint density at radius 2 is 2.06 bits per heavy atom. The minimum Gasteiger partial charge on any atom is -0.466 e. The maximum Gasteiger partial charge on any atom is 0.309 e. The zero-order chi connectivity index (χ0) is 12.8. The van der Waals surface area contributed by atoms with E-state index < -0.39 is 0 Å². The highest BCUT2D eigenvalue weighted by atomic mass is 16.5. The van der Waals surface area contributed by atoms with Crippen LogP contribution >= 0.6 is 0 Å². The second-order valence-corrected chi connectivity index (χ2v) is 3.98. The molecule has 0 aliphatic rings. The van der Waals surface area contributed by atoms with Gasteiger partial charge in [-0.25, -0.2) is 0 Å². The van der Waals surface area contributed by atoms with Crippen molar-refractivity contribution in [2.24, 2.45) is 0 Å². The molecule has 0 radical (unpaired) electrons. The van der Waals surface area contributed by atoms with Gasteiger partial charge in [0, 0.05) is 5.69 Å². The number of hydrogen-bond donors (Lipinski definition) is 1. The molecule has 0 unspecified atom stereocenters. The quantitative estimate of drug-likeness (QED) is 0.642. The Bertz CT molecular complexity index is 436. The number of nitrogen functional groups attached to an aromatic ring is 1. The van der Waals surface area contributed by atoms with Gasteiger partial charge in [0.2, 0.25) is 0 Å². The minimum absolute atomic E-state index is 0.200. The molecule has 1 aromatic carbocycles. The van der Waals surface area contributed by atoms with Gasteiger partial charge in [0.25, 0.3) is 0 Å². The van der Waals surface area contributed by atoms with Crippen molar-refractivity contribution in [1.29, 1.82) is 0 Å². The van der Waals surface area contributed by atoms with Gasteiger partial charge in [-0.3, -0.25) is 4.79 Å². The van der Waals surface area contributed by atoms with E-state index in [0.29, 0.717) is 13.0 Å². The standard InChI is InChI=1S/C14H19NO2/c1-4-17-14(16)7-5-6-12-8-11(3)13(15)9-10(12)2/h5-6,8-9H,4,7,15H2,1-3H3. The summed E-state index contributed by atoms with van der Waals surface area (Å²) in [7, 11) is 0. The highest BCUT2D eigenvalue weighted by molar-refractivity contribution is 5.73. The van der Waals surface area contributed by atoms with E-state index in [-0.39, 0.29) is 5.97 Å². The van der Waals surface area contributed by atoms with Gasteiger partial charge >= 0.3 is 5.97 Å². The number of benzene rings is 1. The summed E-state index contributed by atoms with van der Waals surface area (Å²) in [4.78, 5) is 11.1. The van der Waals surface area contributed by atoms with Crippen LogP contribution in [0.5, 0.6) is 0 Å². The largest absolute Gasteiger partial charge is 0.466 e. The molecule has 2 N–H and O–H groups in total. The fourth-order valence-electron chi connectivity index (χ4n) is 1.54. The number of hydrogen-bond acceptors (Lipinski definition) is 3. The second-order valence-electron chi connectivity index (χ2n) is 3.98. The molecule has 0 aromatic heterocycles. The lowest BCUT2D eigenvalue weighted by Gasteiger charge is -2.05. The van der Waals surface area contributed by atoms with Crippen LogP contribution in [0.3, 0.4) is 0 Å². The number of carbonyl (C=O) groups is 1. The van der Waals surface area contributed by atoms with E-state index in [9.17, 15) is 4.79 Å². The van der Waals surface area contributed by atoms with Crippen LogP contribution in [-0.4, -0.2) is 12.6 Å². The third-order valence-corrected chi connectivity index (χ3v) is 2.54. The first kappa shape index (κ1) is 13.3. The summed E-state index contributed by atoms with van der Waals surface area (Å²) >= 11 is 0. The van der Waals surface area contributed by atoms with Crippen molar-refractivity contribution < 1.29 is 9.53 Å². The zero-order valence-corrected chi connectivity index (χ0v) is 10.6. The van der Waals surface area contributed by atoms with Crippen LogP contribution in [0.15, 0.2) is 18.2 Å². The smallest absolute Gasteiger partial charge is 0.309 e. The fourth-order valence-corrected chi connectivity index (χ4v) is 1.54. The molecule has 0 bridgehead atoms. The van der Waals surface area contributed by atoms with Gasteiger partial charge in [-0.15, -0.1) is 0 Å². The molecule has 17 heavy (non-hydrogen) atoms. The first-order valence-electron chi connectivity index (χ1n) is 5.73. The number of carbonyl (C=O) groups excluding carboxylic acids is 1. The normalized spacial score (nSPS) is 10.8. The number of anilines is 1. The Hall–Kier alpha value is -1.77. The monoisotopic (exact) mass is 233 g/mol. The Balaban J connectivity index is 2.71. The highest BCUT2D eigenvalue weighted by Crippen LogP contribution is 2.19. The van der Waals surface area contributed by atoms with Crippen molar-refractivity contribution >= 4 is 17.7 Å². The Morgan fingerprint density at radius 3 is 2.71 bits per heavy atom. The van der Waals surface area contributed by atoms with Crippen LogP contribution in [0.1, 0.15) is 30.0 Å². The van der Waals surface area contributed by atoms with Gasteiger partial charge in [-0.05, 0) is 49.6 Å². The van der Waals surface area contributed by atoms with Crippen LogP contribution in [0.25, 0.3) is 6.08 Å². The predicted octanol–water partition coefficient (Wildman–Crippen LogP) is 2.85. The molecule has 0 saturated carbocycles. The third-order valence-electron chi connectivity index (χ3n) is 2.54. The van der Waals surface area contributed by atoms with E-state index in [4.69, 9.17) is 10.5 Å². The van der Waals surface area contributed by atoms with Crippen molar-refractivity contribution in [2.45, 2.75) is 27.2 Å². The van der Waals surface area contributed by atoms with Crippen LogP contribution in [0.2, 0.25) is 0 Å². The van der Waals surface area contributed by atoms with Crippen LogP contribution in [-0.2, 0) is 9.53 Å². The molecule has 0 fully saturated rings. The van der Waals surface area contributed by atoms with E-state index in [1.807, 2.05) is 38.1 Å². The summed E-state index contributed by atoms with van der Waals surface area (Å²) in [5.41, 5.74) is 9.84. The molecule has 0 saturated heterocycles. The summed E-state index contributed by atoms with van der Waals surface area (Å²) in [6.45, 7) is 6.19. The third kappa shape index (κ3) is 3.94. The van der Waals surface area contributed by atoms with E-state index in [1.54, 1.807) is 6.92 Å². The first-order chi connectivity index (χ1) is 8.04. The summed E-state index contributed by atoms with van der Waals surface area (Å²) in [6, 6.07) is 3.96. The van der Waals surface area contributed by atoms with Gasteiger partial charge in [-0.2, -0.15) is 0 Å². The van der Waals surface area contributed by atoms with Gasteiger partial charge in [0.05, 0.1) is 13.0 Å². The molecule has 1 rings (SSSR count). The molecule has 0 spiro atoms. The number of ether oxygens (including phenoxy) is 1. The van der Waals surface area contributed by atoms with Crippen LogP contribution < -0.4 is 5.73 Å². The molecular formula is C14H19NO2. The highest BCUT2D eigenvalue weighted by Gasteiger charge is 2.00. The van der Waals surface area contributed by atoms with Gasteiger partial charge in [-0.1, -0.05) is 12.2 Å². The summed E-state index contributed by atoms with van der Waals surface area (Å²) in [5, 5.41) is 0. The molecule has 0 aliphatic heterocycles. The number of esters is 1. The topological polar surface area (TPSA) is 52.3 Å². The predicted molar refractivity (Wildman–Crippen MR) is 70.6 cm³/mol. The molecule has 3 nitrogen and oxygen atoms in total. The summed E-state index contributed by atoms with van der Waals surface area (Å²) in [6.07, 6.45) is 4.05. The van der Waals surface area contributed by atoms with E-state index in [2.05, 4.69) is 0 Å². The van der Waals surface area contributed by atoms with E-state index in [1.165, 1.54) is 0 Å². The van der Waals surface area contributed by atoms with Gasteiger partial charge in [0.1, 0.15) is 0 Å². The van der Waals surface area contributed by atoms with E-state index in [0.717, 1.165) is 22.4 Å². The summed E-state index contributed by atoms with van der Waals surface area (Å²) in [5.74, 6) is -0.200. The van der Waals surface area contributed by atoms with Crippen LogP contribution in [0, 0.1) is 13.8 Å². The Morgan fingerprint density at radius 1 is 1.35 bits per heavy atom. The van der Waals surface area contributed by atoms with Crippen molar-refractivity contribution in [3.8, 4) is 0 Å². The SMILES string of the molecule is CCOC(=O)CC=Cc1cc(C)c(N)cc1C. The fraction of sp³-hybridized carbons (Fsp3) is 0.357. The maximum absolute atomic E-state index is 11.1. The van der Waals surface area contributed by atoms with Crippen molar-refractivity contribution in [2.75, 3.05) is 12.3 Å². The first-order valence-corrected chi connectivity index (χ1v) is 5.73. The minimum atomic E-state index is -0.200. The number of nitrogens with two attached hydrogens (primary N) is 1. The molecular weight excluding hydrogens is 214 g/mol. The lowest BCUT2D eigenvalue weighted by Crippen LogP contribution is -2.01. The molecule has 0 aliphatic carbocycles. The van der Waals surface area contributed by atoms with Gasteiger partial charge < -0.3 is 10.5 Å². The molecule has 0 heterocycles. The number of aryl methyl sites for hydroxylation is 2. The Kier molecular flexibility index (Phi) is 4.76. The average molecular weight is 233 g/mol. The molecule has 92 valence electrons. The van der Waals surface area contributed by atoms with Gasteiger partial charge in [0.15, 0.2) is 0 Å². The van der Waals surface area contributed by atoms with Crippen molar-refractivity contribution in [3.63, 3.8) is 0 Å². The summed E-state index contributed by atoms with van der Waals surface area (Å²) < 4.78 is 4.84. The lowest BCUT2D eigenvalue weighted by molar-refractivity contribution is -0.142. The van der Waals surface area contributed by atoms with Crippen molar-refractivity contribution in [1.82, 2.24) is 0 Å². The second kappa shape index (κ2) is 6.09. The Labute approximate surface area is 102 Å². The number of rotatable bonds is 4. The van der Waals surface area contributed by atoms with Crippen molar-refractivity contribution in [3.05, 3.63) is 34.9 Å². The van der Waals surface area contributed by atoms with Crippen LogP contribution in [0.4, 0.5) is 5.69 Å². The zero-order valence-electron chi connectivity index (χ0n) is 10.6. The molecule has 1 aromatic rings. The molecule has 0 amide bonds. The average Bonchev–Trinajstić information content (AvgIpc) is 2.26. The molecule has 0 atom stereocenters. The maximum atomic E-state index is 11.1.